The molecule has 0 bridgehead atoms. The number of thioether (sulfide) groups is 1. The van der Waals surface area contributed by atoms with Crippen LogP contribution in [0.5, 0.6) is 5.75 Å². The molecule has 1 aliphatic rings. The first-order chi connectivity index (χ1) is 12.7. The van der Waals surface area contributed by atoms with Crippen LogP contribution in [0.3, 0.4) is 0 Å². The molecule has 0 saturated heterocycles. The van der Waals surface area contributed by atoms with Crippen LogP contribution in [0.15, 0.2) is 55.0 Å². The summed E-state index contributed by atoms with van der Waals surface area (Å²) in [5.74, 6) is 1.94. The van der Waals surface area contributed by atoms with E-state index in [1.807, 2.05) is 43.6 Å². The van der Waals surface area contributed by atoms with Gasteiger partial charge in [0.1, 0.15) is 18.2 Å². The van der Waals surface area contributed by atoms with Crippen molar-refractivity contribution in [1.29, 1.82) is 0 Å². The summed E-state index contributed by atoms with van der Waals surface area (Å²) in [4.78, 5) is 16.1. The van der Waals surface area contributed by atoms with E-state index >= 15 is 0 Å². The normalized spacial score (nSPS) is 16.5. The number of anilines is 1. The third kappa shape index (κ3) is 3.43. The number of ether oxygens (including phenoxy) is 1. The predicted octanol–water partition coefficient (Wildman–Crippen LogP) is 3.17. The zero-order valence-corrected chi connectivity index (χ0v) is 15.1. The highest BCUT2D eigenvalue weighted by Gasteiger charge is 2.27. The van der Waals surface area contributed by atoms with Gasteiger partial charge in [-0.05, 0) is 23.8 Å². The van der Waals surface area contributed by atoms with Gasteiger partial charge >= 0.3 is 0 Å². The van der Waals surface area contributed by atoms with E-state index in [0.29, 0.717) is 12.4 Å². The van der Waals surface area contributed by atoms with Crippen molar-refractivity contribution in [3.05, 3.63) is 71.7 Å². The molecule has 1 aromatic carbocycles. The molecule has 2 aromatic heterocycles. The largest absolute Gasteiger partial charge is 0.489 e. The zero-order chi connectivity index (χ0) is 17.9. The van der Waals surface area contributed by atoms with Crippen LogP contribution >= 0.6 is 11.8 Å². The summed E-state index contributed by atoms with van der Waals surface area (Å²) in [7, 11) is 1.83. The zero-order valence-electron chi connectivity index (χ0n) is 14.3. The molecule has 1 atom stereocenters. The topological polar surface area (TPSA) is 69.0 Å². The maximum atomic E-state index is 12.0. The quantitative estimate of drug-likeness (QED) is 0.768. The lowest BCUT2D eigenvalue weighted by atomic mass is 10.1. The summed E-state index contributed by atoms with van der Waals surface area (Å²) >= 11 is 1.59. The first-order valence-electron chi connectivity index (χ1n) is 8.26. The molecule has 0 aliphatic carbocycles. The molecule has 0 radical (unpaired) electrons. The van der Waals surface area contributed by atoms with Crippen molar-refractivity contribution in [1.82, 2.24) is 14.8 Å². The minimum Gasteiger partial charge on any atom is -0.489 e. The Balaban J connectivity index is 1.59. The minimum atomic E-state index is -0.00803. The van der Waals surface area contributed by atoms with E-state index in [9.17, 15) is 4.79 Å². The number of aromatic nitrogens is 3. The monoisotopic (exact) mass is 366 g/mol. The average Bonchev–Trinajstić information content (AvgIpc) is 2.92. The van der Waals surface area contributed by atoms with E-state index < -0.39 is 0 Å². The van der Waals surface area contributed by atoms with E-state index in [1.54, 1.807) is 28.8 Å². The van der Waals surface area contributed by atoms with Crippen LogP contribution in [0.2, 0.25) is 0 Å². The first-order valence-corrected chi connectivity index (χ1v) is 9.30. The van der Waals surface area contributed by atoms with Gasteiger partial charge in [0, 0.05) is 30.6 Å². The third-order valence-corrected chi connectivity index (χ3v) is 5.47. The Labute approximate surface area is 155 Å². The molecule has 0 fully saturated rings. The number of aryl methyl sites for hydroxylation is 1. The lowest BCUT2D eigenvalue weighted by Crippen LogP contribution is -2.15. The second-order valence-corrected chi connectivity index (χ2v) is 7.13. The van der Waals surface area contributed by atoms with E-state index in [2.05, 4.69) is 21.5 Å². The van der Waals surface area contributed by atoms with E-state index in [1.165, 1.54) is 0 Å². The molecule has 6 nitrogen and oxygen atoms in total. The van der Waals surface area contributed by atoms with Crippen molar-refractivity contribution in [3.63, 3.8) is 0 Å². The van der Waals surface area contributed by atoms with Gasteiger partial charge in [0.25, 0.3) is 0 Å². The highest BCUT2D eigenvalue weighted by atomic mass is 32.2. The average molecular weight is 366 g/mol. The molecule has 1 unspecified atom stereocenters. The van der Waals surface area contributed by atoms with Gasteiger partial charge in [-0.1, -0.05) is 18.2 Å². The molecule has 7 heteroatoms. The number of nitrogens with zero attached hydrogens (tertiary/aromatic N) is 3. The van der Waals surface area contributed by atoms with Gasteiger partial charge in [0.2, 0.25) is 5.91 Å². The van der Waals surface area contributed by atoms with Gasteiger partial charge in [-0.2, -0.15) is 5.10 Å². The van der Waals surface area contributed by atoms with Crippen LogP contribution in [0.25, 0.3) is 0 Å². The smallest absolute Gasteiger partial charge is 0.235 e. The van der Waals surface area contributed by atoms with Gasteiger partial charge in [0.15, 0.2) is 0 Å². The number of hydrogen-bond donors (Lipinski definition) is 1. The van der Waals surface area contributed by atoms with Crippen LogP contribution in [0.4, 0.5) is 5.82 Å². The number of carbonyl (C=O) groups is 1. The van der Waals surface area contributed by atoms with Crippen LogP contribution in [-0.2, 0) is 18.4 Å². The number of rotatable bonds is 4. The number of carbonyl (C=O) groups excluding carboxylic acids is 1. The summed E-state index contributed by atoms with van der Waals surface area (Å²) in [6.07, 6.45) is 5.36. The fourth-order valence-electron chi connectivity index (χ4n) is 2.91. The van der Waals surface area contributed by atoms with Crippen molar-refractivity contribution in [2.45, 2.75) is 11.9 Å². The number of fused-ring (bicyclic) bond motifs is 1. The highest BCUT2D eigenvalue weighted by molar-refractivity contribution is 8.00. The first kappa shape index (κ1) is 16.7. The third-order valence-electron chi connectivity index (χ3n) is 4.18. The fourth-order valence-corrected chi connectivity index (χ4v) is 3.99. The molecule has 132 valence electrons. The highest BCUT2D eigenvalue weighted by Crippen LogP contribution is 2.41. The SMILES string of the molecule is Cn1ncc2c1NC(=O)CSC2c1cccc(OCc2cccnc2)c1. The van der Waals surface area contributed by atoms with E-state index in [0.717, 1.165) is 28.3 Å². The van der Waals surface area contributed by atoms with Gasteiger partial charge < -0.3 is 10.1 Å². The molecule has 0 spiro atoms. The summed E-state index contributed by atoms with van der Waals surface area (Å²) in [5, 5.41) is 7.26. The van der Waals surface area contributed by atoms with Crippen molar-refractivity contribution in [3.8, 4) is 5.75 Å². The molecule has 1 aliphatic heterocycles. The van der Waals surface area contributed by atoms with Crippen LogP contribution in [0.1, 0.15) is 21.9 Å². The van der Waals surface area contributed by atoms with E-state index in [4.69, 9.17) is 4.74 Å². The van der Waals surface area contributed by atoms with Crippen molar-refractivity contribution >= 4 is 23.5 Å². The second kappa shape index (κ2) is 7.21. The maximum absolute atomic E-state index is 12.0. The standard InChI is InChI=1S/C19H18N4O2S/c1-23-19-16(10-21-23)18(26-12-17(24)22-19)14-5-2-6-15(8-14)25-11-13-4-3-7-20-9-13/h2-10,18H,11-12H2,1H3,(H,22,24). The molecule has 4 rings (SSSR count). The Hall–Kier alpha value is -2.80. The summed E-state index contributed by atoms with van der Waals surface area (Å²) < 4.78 is 7.62. The Bertz CT molecular complexity index is 926. The molecule has 1 amide bonds. The Morgan fingerprint density at radius 3 is 3.08 bits per heavy atom. The fraction of sp³-hybridized carbons (Fsp3) is 0.211. The molecular weight excluding hydrogens is 348 g/mol. The van der Waals surface area contributed by atoms with Crippen LogP contribution in [-0.4, -0.2) is 26.4 Å². The Morgan fingerprint density at radius 1 is 1.31 bits per heavy atom. The maximum Gasteiger partial charge on any atom is 0.235 e. The van der Waals surface area contributed by atoms with E-state index in [-0.39, 0.29) is 11.2 Å². The van der Waals surface area contributed by atoms with Gasteiger partial charge in [-0.25, -0.2) is 0 Å². The Kier molecular flexibility index (Phi) is 4.62. The lowest BCUT2D eigenvalue weighted by molar-refractivity contribution is -0.113. The van der Waals surface area contributed by atoms with Crippen LogP contribution < -0.4 is 10.1 Å². The van der Waals surface area contributed by atoms with Crippen molar-refractivity contribution in [2.24, 2.45) is 7.05 Å². The van der Waals surface area contributed by atoms with Gasteiger partial charge in [0.05, 0.1) is 17.2 Å². The molecular formula is C19H18N4O2S. The van der Waals surface area contributed by atoms with Gasteiger partial charge in [-0.3, -0.25) is 14.5 Å². The number of pyridine rings is 1. The molecule has 3 heterocycles. The molecule has 3 aromatic rings. The predicted molar refractivity (Wildman–Crippen MR) is 101 cm³/mol. The summed E-state index contributed by atoms with van der Waals surface area (Å²) in [6, 6.07) is 11.9. The number of hydrogen-bond acceptors (Lipinski definition) is 5. The Morgan fingerprint density at radius 2 is 2.23 bits per heavy atom. The summed E-state index contributed by atoms with van der Waals surface area (Å²) in [6.45, 7) is 0.466. The minimum absolute atomic E-state index is 0.00803. The summed E-state index contributed by atoms with van der Waals surface area (Å²) in [5.41, 5.74) is 3.11. The number of amides is 1. The second-order valence-electron chi connectivity index (χ2n) is 6.03. The molecule has 0 saturated carbocycles. The van der Waals surface area contributed by atoms with Crippen molar-refractivity contribution in [2.75, 3.05) is 11.1 Å². The number of nitrogens with one attached hydrogen (secondary N) is 1. The molecule has 26 heavy (non-hydrogen) atoms. The van der Waals surface area contributed by atoms with Gasteiger partial charge in [-0.15, -0.1) is 11.8 Å². The number of benzene rings is 1. The van der Waals surface area contributed by atoms with Crippen LogP contribution in [0, 0.1) is 0 Å². The molecule has 1 N–H and O–H groups in total. The van der Waals surface area contributed by atoms with Crippen molar-refractivity contribution < 1.29 is 9.53 Å². The lowest BCUT2D eigenvalue weighted by Gasteiger charge is -2.15.